The molecule has 1 N–H and O–H groups in total. The van der Waals surface area contributed by atoms with E-state index in [1.54, 1.807) is 24.3 Å². The van der Waals surface area contributed by atoms with Gasteiger partial charge in [0.05, 0.1) is 6.61 Å². The van der Waals surface area contributed by atoms with Crippen molar-refractivity contribution in [3.63, 3.8) is 0 Å². The van der Waals surface area contributed by atoms with Gasteiger partial charge in [0, 0.05) is 10.0 Å². The number of halogens is 2. The minimum Gasteiger partial charge on any atom is -0.457 e. The van der Waals surface area contributed by atoms with Crippen LogP contribution in [0.3, 0.4) is 0 Å². The molecule has 0 aromatic heterocycles. The van der Waals surface area contributed by atoms with Gasteiger partial charge in [-0.05, 0) is 48.4 Å². The number of aryl methyl sites for hydroxylation is 1. The van der Waals surface area contributed by atoms with Crippen molar-refractivity contribution in [1.29, 1.82) is 0 Å². The highest BCUT2D eigenvalue weighted by molar-refractivity contribution is 6.31. The molecule has 0 aliphatic carbocycles. The first-order chi connectivity index (χ1) is 8.60. The van der Waals surface area contributed by atoms with Gasteiger partial charge in [-0.15, -0.1) is 0 Å². The number of ether oxygens (including phenoxy) is 1. The van der Waals surface area contributed by atoms with E-state index in [1.165, 1.54) is 0 Å². The first kappa shape index (κ1) is 13.2. The summed E-state index contributed by atoms with van der Waals surface area (Å²) in [5, 5.41) is 10.2. The Labute approximate surface area is 116 Å². The summed E-state index contributed by atoms with van der Waals surface area (Å²) in [7, 11) is 0. The predicted molar refractivity (Wildman–Crippen MR) is 73.6 cm³/mol. The highest BCUT2D eigenvalue weighted by Crippen LogP contribution is 2.30. The Kier molecular flexibility index (Phi) is 4.12. The smallest absolute Gasteiger partial charge is 0.130 e. The summed E-state index contributed by atoms with van der Waals surface area (Å²) < 4.78 is 5.72. The number of hydrogen-bond donors (Lipinski definition) is 1. The van der Waals surface area contributed by atoms with Crippen molar-refractivity contribution >= 4 is 23.2 Å². The molecule has 0 fully saturated rings. The molecule has 2 rings (SSSR count). The summed E-state index contributed by atoms with van der Waals surface area (Å²) in [4.78, 5) is 0. The van der Waals surface area contributed by atoms with Crippen molar-refractivity contribution in [3.8, 4) is 11.5 Å². The van der Waals surface area contributed by atoms with E-state index in [0.717, 1.165) is 11.3 Å². The average molecular weight is 283 g/mol. The third kappa shape index (κ3) is 2.96. The fourth-order valence-electron chi connectivity index (χ4n) is 1.57. The van der Waals surface area contributed by atoms with Gasteiger partial charge in [-0.25, -0.2) is 0 Å². The lowest BCUT2D eigenvalue weighted by Crippen LogP contribution is -1.90. The number of benzene rings is 2. The Bertz CT molecular complexity index is 568. The molecule has 0 atom stereocenters. The van der Waals surface area contributed by atoms with Crippen molar-refractivity contribution in [2.75, 3.05) is 0 Å². The molecule has 0 unspecified atom stereocenters. The van der Waals surface area contributed by atoms with E-state index in [1.807, 2.05) is 19.1 Å². The van der Waals surface area contributed by atoms with Crippen LogP contribution in [-0.2, 0) is 6.61 Å². The van der Waals surface area contributed by atoms with Gasteiger partial charge < -0.3 is 9.84 Å². The Balaban J connectivity index is 2.26. The summed E-state index contributed by atoms with van der Waals surface area (Å²) in [5.41, 5.74) is 1.63. The number of hydrogen-bond acceptors (Lipinski definition) is 2. The van der Waals surface area contributed by atoms with E-state index >= 15 is 0 Å². The Morgan fingerprint density at radius 2 is 1.89 bits per heavy atom. The molecule has 18 heavy (non-hydrogen) atoms. The van der Waals surface area contributed by atoms with E-state index < -0.39 is 0 Å². The topological polar surface area (TPSA) is 29.5 Å². The van der Waals surface area contributed by atoms with Crippen molar-refractivity contribution < 1.29 is 9.84 Å². The van der Waals surface area contributed by atoms with Crippen LogP contribution in [0.1, 0.15) is 11.1 Å². The molecular formula is C14H12Cl2O2. The molecular weight excluding hydrogens is 271 g/mol. The molecule has 0 saturated heterocycles. The molecule has 0 radical (unpaired) electrons. The summed E-state index contributed by atoms with van der Waals surface area (Å²) in [6, 6.07) is 10.6. The van der Waals surface area contributed by atoms with Crippen LogP contribution in [0.5, 0.6) is 11.5 Å². The zero-order valence-electron chi connectivity index (χ0n) is 9.78. The summed E-state index contributed by atoms with van der Waals surface area (Å²) >= 11 is 11.9. The zero-order chi connectivity index (χ0) is 13.1. The van der Waals surface area contributed by atoms with Crippen molar-refractivity contribution in [2.24, 2.45) is 0 Å². The number of rotatable bonds is 3. The first-order valence-corrected chi connectivity index (χ1v) is 6.19. The van der Waals surface area contributed by atoms with Gasteiger partial charge in [-0.1, -0.05) is 29.3 Å². The summed E-state index contributed by atoms with van der Waals surface area (Å²) in [6.45, 7) is 1.84. The van der Waals surface area contributed by atoms with Crippen LogP contribution in [0.25, 0.3) is 0 Å². The van der Waals surface area contributed by atoms with E-state index in [2.05, 4.69) is 0 Å². The maximum Gasteiger partial charge on any atom is 0.130 e. The fourth-order valence-corrected chi connectivity index (χ4v) is 2.03. The lowest BCUT2D eigenvalue weighted by atomic mass is 10.2. The Morgan fingerprint density at radius 1 is 1.11 bits per heavy atom. The highest BCUT2D eigenvalue weighted by atomic mass is 35.5. The van der Waals surface area contributed by atoms with Crippen LogP contribution in [0.2, 0.25) is 10.0 Å². The number of aliphatic hydroxyl groups is 1. The Hall–Kier alpha value is -1.22. The molecule has 4 heteroatoms. The molecule has 0 saturated carbocycles. The average Bonchev–Trinajstić information content (AvgIpc) is 2.33. The van der Waals surface area contributed by atoms with Crippen LogP contribution >= 0.6 is 23.2 Å². The second-order valence-electron chi connectivity index (χ2n) is 3.92. The predicted octanol–water partition coefficient (Wildman–Crippen LogP) is 4.59. The van der Waals surface area contributed by atoms with Crippen LogP contribution in [0, 0.1) is 6.92 Å². The molecule has 0 bridgehead atoms. The zero-order valence-corrected chi connectivity index (χ0v) is 11.3. The Morgan fingerprint density at radius 3 is 2.50 bits per heavy atom. The third-order valence-electron chi connectivity index (χ3n) is 2.56. The van der Waals surface area contributed by atoms with E-state index in [0.29, 0.717) is 21.4 Å². The normalized spacial score (nSPS) is 10.4. The molecule has 2 nitrogen and oxygen atoms in total. The van der Waals surface area contributed by atoms with Crippen LogP contribution in [0.15, 0.2) is 36.4 Å². The third-order valence-corrected chi connectivity index (χ3v) is 3.15. The molecule has 94 valence electrons. The number of aliphatic hydroxyl groups excluding tert-OH is 1. The van der Waals surface area contributed by atoms with Gasteiger partial charge in [0.1, 0.15) is 11.5 Å². The molecule has 0 heterocycles. The largest absolute Gasteiger partial charge is 0.457 e. The van der Waals surface area contributed by atoms with Gasteiger partial charge in [-0.2, -0.15) is 0 Å². The second-order valence-corrected chi connectivity index (χ2v) is 4.77. The minimum atomic E-state index is -0.0842. The molecule has 0 aliphatic heterocycles. The van der Waals surface area contributed by atoms with Crippen molar-refractivity contribution in [3.05, 3.63) is 57.6 Å². The van der Waals surface area contributed by atoms with Crippen LogP contribution in [0.4, 0.5) is 0 Å². The second kappa shape index (κ2) is 5.61. The minimum absolute atomic E-state index is 0.0842. The molecule has 0 spiro atoms. The van der Waals surface area contributed by atoms with E-state index in [9.17, 15) is 0 Å². The quantitative estimate of drug-likeness (QED) is 0.893. The monoisotopic (exact) mass is 282 g/mol. The van der Waals surface area contributed by atoms with Crippen LogP contribution < -0.4 is 4.74 Å². The lowest BCUT2D eigenvalue weighted by Gasteiger charge is -2.10. The van der Waals surface area contributed by atoms with Crippen LogP contribution in [-0.4, -0.2) is 5.11 Å². The van der Waals surface area contributed by atoms with Gasteiger partial charge in [0.25, 0.3) is 0 Å². The van der Waals surface area contributed by atoms with Crippen molar-refractivity contribution in [1.82, 2.24) is 0 Å². The standard InChI is InChI=1S/C14H12Cl2O2/c1-9-6-11(15)3-5-14(9)18-12-4-2-10(8-17)13(16)7-12/h2-7,17H,8H2,1H3. The molecule has 2 aromatic carbocycles. The van der Waals surface area contributed by atoms with Gasteiger partial charge in [-0.3, -0.25) is 0 Å². The maximum atomic E-state index is 9.03. The fraction of sp³-hybridized carbons (Fsp3) is 0.143. The maximum absolute atomic E-state index is 9.03. The van der Waals surface area contributed by atoms with E-state index in [-0.39, 0.29) is 6.61 Å². The van der Waals surface area contributed by atoms with Gasteiger partial charge in [0.2, 0.25) is 0 Å². The summed E-state index contributed by atoms with van der Waals surface area (Å²) in [5.74, 6) is 1.36. The molecule has 2 aromatic rings. The molecule has 0 amide bonds. The SMILES string of the molecule is Cc1cc(Cl)ccc1Oc1ccc(CO)c(Cl)c1. The lowest BCUT2D eigenvalue weighted by molar-refractivity contribution is 0.282. The van der Waals surface area contributed by atoms with Gasteiger partial charge in [0.15, 0.2) is 0 Å². The summed E-state index contributed by atoms with van der Waals surface area (Å²) in [6.07, 6.45) is 0. The molecule has 0 aliphatic rings. The van der Waals surface area contributed by atoms with Gasteiger partial charge >= 0.3 is 0 Å². The van der Waals surface area contributed by atoms with Crippen molar-refractivity contribution in [2.45, 2.75) is 13.5 Å². The highest BCUT2D eigenvalue weighted by Gasteiger charge is 2.05. The van der Waals surface area contributed by atoms with E-state index in [4.69, 9.17) is 33.0 Å². The first-order valence-electron chi connectivity index (χ1n) is 5.43.